The van der Waals surface area contributed by atoms with Crippen LogP contribution < -0.4 is 9.46 Å². The van der Waals surface area contributed by atoms with E-state index in [1.807, 2.05) is 25.1 Å². The van der Waals surface area contributed by atoms with Crippen molar-refractivity contribution in [2.75, 3.05) is 11.3 Å². The molecular formula is C29H31Cl2NO6S. The molecule has 0 aromatic heterocycles. The second kappa shape index (κ2) is 11.0. The highest BCUT2D eigenvalue weighted by atomic mass is 35.5. The number of sulfonamides is 1. The van der Waals surface area contributed by atoms with E-state index in [9.17, 15) is 18.3 Å². The molecule has 0 fully saturated rings. The molecule has 4 rings (SSSR count). The topological polar surface area (TPSA) is 102 Å². The summed E-state index contributed by atoms with van der Waals surface area (Å²) in [5, 5.41) is 10.6. The summed E-state index contributed by atoms with van der Waals surface area (Å²) in [6, 6.07) is 11.6. The number of anilines is 1. The summed E-state index contributed by atoms with van der Waals surface area (Å²) in [6.45, 7) is 9.48. The van der Waals surface area contributed by atoms with Gasteiger partial charge in [0.1, 0.15) is 10.6 Å². The Morgan fingerprint density at radius 1 is 1.10 bits per heavy atom. The van der Waals surface area contributed by atoms with E-state index >= 15 is 0 Å². The van der Waals surface area contributed by atoms with E-state index in [1.165, 1.54) is 18.2 Å². The lowest BCUT2D eigenvalue weighted by Crippen LogP contribution is -2.28. The molecule has 10 heteroatoms. The number of ether oxygens (including phenoxy) is 2. The molecule has 1 unspecified atom stereocenters. The summed E-state index contributed by atoms with van der Waals surface area (Å²) in [5.74, 6) is -0.374. The Morgan fingerprint density at radius 3 is 2.46 bits per heavy atom. The highest BCUT2D eigenvalue weighted by molar-refractivity contribution is 7.92. The van der Waals surface area contributed by atoms with Gasteiger partial charge in [0.15, 0.2) is 6.10 Å². The van der Waals surface area contributed by atoms with Gasteiger partial charge >= 0.3 is 5.97 Å². The Labute approximate surface area is 239 Å². The van der Waals surface area contributed by atoms with Gasteiger partial charge in [-0.15, -0.1) is 0 Å². The van der Waals surface area contributed by atoms with Crippen molar-refractivity contribution in [1.82, 2.24) is 0 Å². The second-order valence-corrected chi connectivity index (χ2v) is 13.1. The molecule has 0 aliphatic carbocycles. The van der Waals surface area contributed by atoms with Gasteiger partial charge in [-0.25, -0.2) is 13.2 Å². The van der Waals surface area contributed by atoms with Crippen molar-refractivity contribution in [1.29, 1.82) is 0 Å². The number of carboxylic acids is 1. The molecule has 1 aliphatic rings. The third-order valence-corrected chi connectivity index (χ3v) is 8.50. The van der Waals surface area contributed by atoms with Crippen molar-refractivity contribution in [3.05, 3.63) is 74.8 Å². The van der Waals surface area contributed by atoms with Crippen LogP contribution in [0.2, 0.25) is 10.0 Å². The summed E-state index contributed by atoms with van der Waals surface area (Å²) >= 11 is 12.2. The molecular weight excluding hydrogens is 561 g/mol. The lowest BCUT2D eigenvalue weighted by atomic mass is 9.86. The minimum absolute atomic E-state index is 0.0306. The fraction of sp³-hybridized carbons (Fsp3) is 0.345. The fourth-order valence-electron chi connectivity index (χ4n) is 4.75. The Kier molecular flexibility index (Phi) is 8.24. The van der Waals surface area contributed by atoms with E-state index in [0.29, 0.717) is 33.9 Å². The predicted octanol–water partition coefficient (Wildman–Crippen LogP) is 7.34. The third-order valence-electron chi connectivity index (χ3n) is 6.42. The van der Waals surface area contributed by atoms with Crippen molar-refractivity contribution in [3.63, 3.8) is 0 Å². The highest BCUT2D eigenvalue weighted by Gasteiger charge is 2.33. The first-order valence-electron chi connectivity index (χ1n) is 12.5. The van der Waals surface area contributed by atoms with Crippen LogP contribution in [0.4, 0.5) is 5.69 Å². The van der Waals surface area contributed by atoms with Crippen LogP contribution in [0.25, 0.3) is 11.1 Å². The van der Waals surface area contributed by atoms with Gasteiger partial charge in [0, 0.05) is 10.6 Å². The number of hydrogen-bond donors (Lipinski definition) is 2. The number of nitrogens with one attached hydrogen (secondary N) is 1. The zero-order valence-corrected chi connectivity index (χ0v) is 24.7. The molecule has 0 amide bonds. The average Bonchev–Trinajstić information content (AvgIpc) is 2.83. The molecule has 2 N–H and O–H groups in total. The molecule has 3 aromatic rings. The van der Waals surface area contributed by atoms with Gasteiger partial charge in [-0.2, -0.15) is 0 Å². The first-order valence-corrected chi connectivity index (χ1v) is 14.7. The number of carboxylic acid groups (broad SMARTS) is 1. The average molecular weight is 593 g/mol. The van der Waals surface area contributed by atoms with Crippen LogP contribution in [0.3, 0.4) is 0 Å². The van der Waals surface area contributed by atoms with Crippen LogP contribution >= 0.6 is 23.2 Å². The first-order chi connectivity index (χ1) is 18.2. The van der Waals surface area contributed by atoms with Crippen molar-refractivity contribution in [2.45, 2.75) is 64.1 Å². The second-order valence-electron chi connectivity index (χ2n) is 10.6. The van der Waals surface area contributed by atoms with Gasteiger partial charge in [0.2, 0.25) is 0 Å². The summed E-state index contributed by atoms with van der Waals surface area (Å²) in [5.41, 5.74) is 3.41. The van der Waals surface area contributed by atoms with E-state index in [0.717, 1.165) is 29.7 Å². The summed E-state index contributed by atoms with van der Waals surface area (Å²) in [4.78, 5) is 12.5. The molecule has 208 valence electrons. The minimum Gasteiger partial charge on any atom is -0.493 e. The smallest absolute Gasteiger partial charge is 0.337 e. The molecule has 7 nitrogen and oxygen atoms in total. The number of hydrogen-bond acceptors (Lipinski definition) is 5. The summed E-state index contributed by atoms with van der Waals surface area (Å²) in [7, 11) is -4.13. The summed E-state index contributed by atoms with van der Waals surface area (Å²) in [6.07, 6.45) is 0.367. The van der Waals surface area contributed by atoms with E-state index in [4.69, 9.17) is 32.7 Å². The number of rotatable bonds is 7. The lowest BCUT2D eigenvalue weighted by Gasteiger charge is -2.30. The van der Waals surface area contributed by atoms with Crippen LogP contribution in [-0.2, 0) is 26.0 Å². The Bertz CT molecular complexity index is 1550. The molecule has 0 bridgehead atoms. The number of aryl methyl sites for hydroxylation is 2. The number of carbonyl (C=O) groups is 1. The van der Waals surface area contributed by atoms with E-state index < -0.39 is 27.7 Å². The van der Waals surface area contributed by atoms with E-state index in [2.05, 4.69) is 4.72 Å². The molecule has 0 saturated carbocycles. The van der Waals surface area contributed by atoms with Crippen LogP contribution in [0, 0.1) is 13.8 Å². The van der Waals surface area contributed by atoms with Crippen molar-refractivity contribution >= 4 is 44.9 Å². The number of aliphatic carboxylic acids is 1. The maximum absolute atomic E-state index is 13.4. The van der Waals surface area contributed by atoms with Crippen molar-refractivity contribution in [2.24, 2.45) is 0 Å². The van der Waals surface area contributed by atoms with Gasteiger partial charge in [-0.3, -0.25) is 4.72 Å². The van der Waals surface area contributed by atoms with Gasteiger partial charge in [-0.05, 0) is 112 Å². The standard InChI is InChI=1S/C29H31Cl2NO6S/c1-16-13-22(32-39(35,36)24-11-9-20(30)15-21(24)31)17(2)26(27(28(33)34)38-29(3,4)5)25(16)19-8-10-23-18(14-19)7-6-12-37-23/h8-11,13-15,27,32H,6-7,12H2,1-5H3,(H,33,34). The van der Waals surface area contributed by atoms with Crippen LogP contribution in [-0.4, -0.2) is 31.7 Å². The van der Waals surface area contributed by atoms with Gasteiger partial charge in [0.05, 0.1) is 22.9 Å². The molecule has 3 aromatic carbocycles. The quantitative estimate of drug-likeness (QED) is 0.298. The molecule has 1 aliphatic heterocycles. The maximum atomic E-state index is 13.4. The van der Waals surface area contributed by atoms with Gasteiger partial charge in [0.25, 0.3) is 10.0 Å². The van der Waals surface area contributed by atoms with Crippen LogP contribution in [0.15, 0.2) is 47.4 Å². The first kappa shape index (κ1) is 29.2. The highest BCUT2D eigenvalue weighted by Crippen LogP contribution is 2.42. The minimum atomic E-state index is -4.13. The zero-order chi connectivity index (χ0) is 28.7. The van der Waals surface area contributed by atoms with Crippen molar-refractivity contribution < 1.29 is 27.8 Å². The monoisotopic (exact) mass is 591 g/mol. The largest absolute Gasteiger partial charge is 0.493 e. The fourth-order valence-corrected chi connectivity index (χ4v) is 6.64. The summed E-state index contributed by atoms with van der Waals surface area (Å²) < 4.78 is 41.1. The number of fused-ring (bicyclic) bond motifs is 1. The molecule has 1 atom stereocenters. The van der Waals surface area contributed by atoms with E-state index in [1.54, 1.807) is 33.8 Å². The Morgan fingerprint density at radius 2 is 1.82 bits per heavy atom. The predicted molar refractivity (Wildman–Crippen MR) is 154 cm³/mol. The number of halogens is 2. The number of benzene rings is 3. The van der Waals surface area contributed by atoms with E-state index in [-0.39, 0.29) is 15.6 Å². The Balaban J connectivity index is 1.93. The molecule has 0 radical (unpaired) electrons. The van der Waals surface area contributed by atoms with Gasteiger partial charge in [-0.1, -0.05) is 29.3 Å². The maximum Gasteiger partial charge on any atom is 0.337 e. The lowest BCUT2D eigenvalue weighted by molar-refractivity contribution is -0.160. The molecule has 39 heavy (non-hydrogen) atoms. The Hall–Kier alpha value is -2.78. The normalized spacial score (nSPS) is 14.3. The van der Waals surface area contributed by atoms with Crippen LogP contribution in [0.1, 0.15) is 55.5 Å². The molecule has 0 spiro atoms. The van der Waals surface area contributed by atoms with Crippen LogP contribution in [0.5, 0.6) is 5.75 Å². The SMILES string of the molecule is Cc1cc(NS(=O)(=O)c2ccc(Cl)cc2Cl)c(C)c(C(OC(C)(C)C)C(=O)O)c1-c1ccc2c(c1)CCCO2. The van der Waals surface area contributed by atoms with Gasteiger partial charge < -0.3 is 14.6 Å². The molecule has 1 heterocycles. The third kappa shape index (κ3) is 6.35. The zero-order valence-electron chi connectivity index (χ0n) is 22.4. The van der Waals surface area contributed by atoms with Crippen molar-refractivity contribution in [3.8, 4) is 16.9 Å². The molecule has 0 saturated heterocycles.